The average molecular weight is 342 g/mol. The first-order valence-corrected chi connectivity index (χ1v) is 8.42. The highest BCUT2D eigenvalue weighted by Gasteiger charge is 2.11. The molecule has 0 aliphatic heterocycles. The maximum absolute atomic E-state index is 12.5. The molecule has 0 saturated heterocycles. The molecule has 2 heterocycles. The van der Waals surface area contributed by atoms with Crippen LogP contribution in [0.15, 0.2) is 73.1 Å². The van der Waals surface area contributed by atoms with Crippen molar-refractivity contribution in [3.8, 4) is 0 Å². The number of anilines is 1. The molecule has 4 aromatic rings. The Bertz CT molecular complexity index is 1050. The second-order valence-corrected chi connectivity index (χ2v) is 6.24. The van der Waals surface area contributed by atoms with Gasteiger partial charge in [-0.05, 0) is 30.7 Å². The molecule has 5 heteroatoms. The van der Waals surface area contributed by atoms with Crippen LogP contribution in [-0.2, 0) is 6.54 Å². The molecule has 4 rings (SSSR count). The lowest BCUT2D eigenvalue weighted by Gasteiger charge is -2.06. The number of nitrogens with one attached hydrogen (secondary N) is 1. The highest BCUT2D eigenvalue weighted by molar-refractivity contribution is 6.05. The monoisotopic (exact) mass is 342 g/mol. The number of hydrogen-bond donors (Lipinski definition) is 1. The summed E-state index contributed by atoms with van der Waals surface area (Å²) in [4.78, 5) is 16.9. The van der Waals surface area contributed by atoms with Gasteiger partial charge in [0.2, 0.25) is 0 Å². The van der Waals surface area contributed by atoms with Crippen LogP contribution in [-0.4, -0.2) is 20.7 Å². The van der Waals surface area contributed by atoms with Gasteiger partial charge in [0.25, 0.3) is 5.91 Å². The number of carbonyl (C=O) groups excluding carboxylic acids is 1. The van der Waals surface area contributed by atoms with Gasteiger partial charge in [0.1, 0.15) is 0 Å². The number of pyridine rings is 1. The minimum atomic E-state index is -0.181. The predicted molar refractivity (Wildman–Crippen MR) is 102 cm³/mol. The van der Waals surface area contributed by atoms with Gasteiger partial charge in [-0.1, -0.05) is 48.0 Å². The molecule has 0 radical (unpaired) electrons. The van der Waals surface area contributed by atoms with Gasteiger partial charge in [-0.15, -0.1) is 0 Å². The van der Waals surface area contributed by atoms with Crippen LogP contribution in [0.1, 0.15) is 21.5 Å². The van der Waals surface area contributed by atoms with Crippen molar-refractivity contribution in [3.63, 3.8) is 0 Å². The molecular weight excluding hydrogens is 324 g/mol. The van der Waals surface area contributed by atoms with E-state index in [4.69, 9.17) is 0 Å². The third-order valence-electron chi connectivity index (χ3n) is 4.22. The van der Waals surface area contributed by atoms with Crippen molar-refractivity contribution < 1.29 is 4.79 Å². The van der Waals surface area contributed by atoms with E-state index < -0.39 is 0 Å². The van der Waals surface area contributed by atoms with E-state index in [2.05, 4.69) is 27.5 Å². The summed E-state index contributed by atoms with van der Waals surface area (Å²) in [6.45, 7) is 2.66. The Labute approximate surface area is 151 Å². The lowest BCUT2D eigenvalue weighted by molar-refractivity contribution is 0.102. The average Bonchev–Trinajstić information content (AvgIpc) is 3.06. The smallest absolute Gasteiger partial charge is 0.257 e. The number of nitrogens with zero attached hydrogens (tertiary/aromatic N) is 3. The van der Waals surface area contributed by atoms with Crippen molar-refractivity contribution in [2.75, 3.05) is 5.32 Å². The molecule has 2 aromatic heterocycles. The number of aromatic nitrogens is 3. The van der Waals surface area contributed by atoms with E-state index in [0.29, 0.717) is 12.1 Å². The normalized spacial score (nSPS) is 10.8. The first kappa shape index (κ1) is 16.0. The van der Waals surface area contributed by atoms with E-state index in [1.807, 2.05) is 60.1 Å². The van der Waals surface area contributed by atoms with Crippen LogP contribution in [0.2, 0.25) is 0 Å². The molecule has 1 N–H and O–H groups in total. The van der Waals surface area contributed by atoms with Crippen molar-refractivity contribution in [1.82, 2.24) is 14.8 Å². The SMILES string of the molecule is Cc1ccc(NC(=O)c2cnc3c(cnn3Cc3ccccc3)c2)cc1. The molecule has 0 aliphatic rings. The van der Waals surface area contributed by atoms with Crippen LogP contribution in [0.3, 0.4) is 0 Å². The van der Waals surface area contributed by atoms with Crippen molar-refractivity contribution in [2.45, 2.75) is 13.5 Å². The van der Waals surface area contributed by atoms with Crippen LogP contribution < -0.4 is 5.32 Å². The fourth-order valence-corrected chi connectivity index (χ4v) is 2.81. The molecule has 0 atom stereocenters. The summed E-state index contributed by atoms with van der Waals surface area (Å²) in [7, 11) is 0. The number of aryl methyl sites for hydroxylation is 1. The Morgan fingerprint density at radius 3 is 2.58 bits per heavy atom. The fourth-order valence-electron chi connectivity index (χ4n) is 2.81. The molecular formula is C21H18N4O. The van der Waals surface area contributed by atoms with E-state index in [1.165, 1.54) is 0 Å². The topological polar surface area (TPSA) is 59.8 Å². The minimum absolute atomic E-state index is 0.181. The van der Waals surface area contributed by atoms with Gasteiger partial charge in [0, 0.05) is 17.3 Å². The van der Waals surface area contributed by atoms with E-state index in [0.717, 1.165) is 27.8 Å². The highest BCUT2D eigenvalue weighted by Crippen LogP contribution is 2.16. The van der Waals surface area contributed by atoms with Gasteiger partial charge in [-0.25, -0.2) is 9.67 Å². The van der Waals surface area contributed by atoms with Crippen LogP contribution in [0.4, 0.5) is 5.69 Å². The molecule has 128 valence electrons. The van der Waals surface area contributed by atoms with E-state index >= 15 is 0 Å². The standard InChI is InChI=1S/C21H18N4O/c1-15-7-9-19(10-8-15)24-21(26)18-11-17-13-23-25(20(17)22-12-18)14-16-5-3-2-4-6-16/h2-13H,14H2,1H3,(H,24,26). The minimum Gasteiger partial charge on any atom is -0.322 e. The number of amides is 1. The summed E-state index contributed by atoms with van der Waals surface area (Å²) >= 11 is 0. The largest absolute Gasteiger partial charge is 0.322 e. The summed E-state index contributed by atoms with van der Waals surface area (Å²) in [5.74, 6) is -0.181. The summed E-state index contributed by atoms with van der Waals surface area (Å²) in [6.07, 6.45) is 3.34. The summed E-state index contributed by atoms with van der Waals surface area (Å²) < 4.78 is 1.84. The maximum Gasteiger partial charge on any atom is 0.257 e. The molecule has 0 fully saturated rings. The molecule has 0 unspecified atom stereocenters. The van der Waals surface area contributed by atoms with E-state index in [-0.39, 0.29) is 5.91 Å². The predicted octanol–water partition coefficient (Wildman–Crippen LogP) is 4.04. The molecule has 5 nitrogen and oxygen atoms in total. The molecule has 26 heavy (non-hydrogen) atoms. The van der Waals surface area contributed by atoms with E-state index in [1.54, 1.807) is 12.4 Å². The molecule has 0 spiro atoms. The summed E-state index contributed by atoms with van der Waals surface area (Å²) in [6, 6.07) is 19.6. The lowest BCUT2D eigenvalue weighted by Crippen LogP contribution is -2.12. The lowest BCUT2D eigenvalue weighted by atomic mass is 10.2. The Morgan fingerprint density at radius 1 is 1.04 bits per heavy atom. The fraction of sp³-hybridized carbons (Fsp3) is 0.0952. The van der Waals surface area contributed by atoms with Crippen molar-refractivity contribution in [3.05, 3.63) is 89.7 Å². The number of benzene rings is 2. The number of carbonyl (C=O) groups is 1. The first-order chi connectivity index (χ1) is 12.7. The van der Waals surface area contributed by atoms with Crippen LogP contribution in [0, 0.1) is 6.92 Å². The van der Waals surface area contributed by atoms with Gasteiger partial charge in [-0.2, -0.15) is 5.10 Å². The zero-order valence-electron chi connectivity index (χ0n) is 14.4. The number of rotatable bonds is 4. The van der Waals surface area contributed by atoms with Crippen LogP contribution in [0.25, 0.3) is 11.0 Å². The van der Waals surface area contributed by atoms with Gasteiger partial charge in [0.05, 0.1) is 18.3 Å². The van der Waals surface area contributed by atoms with Crippen LogP contribution in [0.5, 0.6) is 0 Å². The summed E-state index contributed by atoms with van der Waals surface area (Å²) in [5.41, 5.74) is 4.34. The summed E-state index contributed by atoms with van der Waals surface area (Å²) in [5, 5.41) is 8.14. The van der Waals surface area contributed by atoms with Gasteiger partial charge in [0.15, 0.2) is 5.65 Å². The Morgan fingerprint density at radius 2 is 1.81 bits per heavy atom. The Hall–Kier alpha value is -3.47. The van der Waals surface area contributed by atoms with Gasteiger partial charge in [-0.3, -0.25) is 4.79 Å². The second-order valence-electron chi connectivity index (χ2n) is 6.24. The second kappa shape index (κ2) is 6.80. The van der Waals surface area contributed by atoms with Gasteiger partial charge < -0.3 is 5.32 Å². The van der Waals surface area contributed by atoms with Crippen molar-refractivity contribution in [1.29, 1.82) is 0 Å². The number of hydrogen-bond acceptors (Lipinski definition) is 3. The van der Waals surface area contributed by atoms with E-state index in [9.17, 15) is 4.79 Å². The quantitative estimate of drug-likeness (QED) is 0.609. The first-order valence-electron chi connectivity index (χ1n) is 8.42. The molecule has 0 saturated carbocycles. The van der Waals surface area contributed by atoms with Crippen LogP contribution >= 0.6 is 0 Å². The zero-order valence-corrected chi connectivity index (χ0v) is 14.4. The Balaban J connectivity index is 1.56. The third kappa shape index (κ3) is 3.32. The Kier molecular flexibility index (Phi) is 4.19. The molecule has 0 aliphatic carbocycles. The number of fused-ring (bicyclic) bond motifs is 1. The zero-order chi connectivity index (χ0) is 17.9. The third-order valence-corrected chi connectivity index (χ3v) is 4.22. The molecule has 0 bridgehead atoms. The molecule has 1 amide bonds. The maximum atomic E-state index is 12.5. The van der Waals surface area contributed by atoms with Crippen molar-refractivity contribution >= 4 is 22.6 Å². The highest BCUT2D eigenvalue weighted by atomic mass is 16.1. The van der Waals surface area contributed by atoms with Gasteiger partial charge >= 0.3 is 0 Å². The molecule has 2 aromatic carbocycles. The van der Waals surface area contributed by atoms with Crippen molar-refractivity contribution in [2.24, 2.45) is 0 Å².